The smallest absolute Gasteiger partial charge is 0.333 e. The zero-order chi connectivity index (χ0) is 27.1. The van der Waals surface area contributed by atoms with E-state index in [1.54, 1.807) is 32.0 Å². The van der Waals surface area contributed by atoms with Crippen molar-refractivity contribution in [2.45, 2.75) is 78.9 Å². The lowest BCUT2D eigenvalue weighted by Gasteiger charge is -2.40. The number of methoxy groups -OCH3 is 1. The average Bonchev–Trinajstić information content (AvgIpc) is 2.79. The third-order valence-corrected chi connectivity index (χ3v) is 6.60. The van der Waals surface area contributed by atoms with Gasteiger partial charge in [0.05, 0.1) is 19.2 Å². The predicted octanol–water partition coefficient (Wildman–Crippen LogP) is 3.69. The number of nitrogens with one attached hydrogen (secondary N) is 2. The normalized spacial score (nSPS) is 15.3. The SMILES string of the molecule is CN[C@@H](C(=O)N[C@H](C(=O)N(C)[C@H](/C=C(\C)C(=O)OC)C(C)C)C(C)(C)C)C(C)(C)c1ccccc1. The van der Waals surface area contributed by atoms with Gasteiger partial charge in [0, 0.05) is 18.0 Å². The maximum Gasteiger partial charge on any atom is 0.333 e. The molecule has 0 aliphatic rings. The molecule has 1 rings (SSSR count). The van der Waals surface area contributed by atoms with Crippen LogP contribution in [-0.2, 0) is 24.5 Å². The van der Waals surface area contributed by atoms with E-state index in [0.29, 0.717) is 5.57 Å². The van der Waals surface area contributed by atoms with E-state index in [0.717, 1.165) is 5.56 Å². The Balaban J connectivity index is 3.29. The van der Waals surface area contributed by atoms with Crippen LogP contribution in [0.25, 0.3) is 0 Å². The molecule has 0 aliphatic carbocycles. The van der Waals surface area contributed by atoms with Gasteiger partial charge in [-0.15, -0.1) is 0 Å². The third-order valence-electron chi connectivity index (χ3n) is 6.60. The Morgan fingerprint density at radius 1 is 1.00 bits per heavy atom. The summed E-state index contributed by atoms with van der Waals surface area (Å²) >= 11 is 0. The minimum absolute atomic E-state index is 0.0435. The van der Waals surface area contributed by atoms with E-state index in [1.807, 2.05) is 78.8 Å². The molecule has 0 saturated carbocycles. The van der Waals surface area contributed by atoms with E-state index in [4.69, 9.17) is 4.74 Å². The number of hydrogen-bond acceptors (Lipinski definition) is 5. The van der Waals surface area contributed by atoms with Crippen molar-refractivity contribution in [3.63, 3.8) is 0 Å². The van der Waals surface area contributed by atoms with E-state index >= 15 is 0 Å². The molecule has 7 heteroatoms. The number of hydrogen-bond donors (Lipinski definition) is 2. The van der Waals surface area contributed by atoms with Crippen LogP contribution in [0.3, 0.4) is 0 Å². The highest BCUT2D eigenvalue weighted by molar-refractivity contribution is 5.92. The van der Waals surface area contributed by atoms with Crippen LogP contribution in [0, 0.1) is 11.3 Å². The number of benzene rings is 1. The molecular formula is C28H45N3O4. The zero-order valence-corrected chi connectivity index (χ0v) is 23.4. The predicted molar refractivity (Wildman–Crippen MR) is 141 cm³/mol. The standard InChI is InChI=1S/C28H45N3O4/c1-18(2)21(17-19(3)26(34)35-11)31(10)25(33)23(27(4,5)6)30-24(32)22(29-9)28(7,8)20-15-13-12-14-16-20/h12-18,21-23,29H,1-11H3,(H,30,32)/b19-17+/t21-,22+,23-/m1/s1. The molecule has 2 amide bonds. The lowest BCUT2D eigenvalue weighted by molar-refractivity contribution is -0.141. The van der Waals surface area contributed by atoms with Crippen molar-refractivity contribution in [1.29, 1.82) is 0 Å². The molecule has 0 saturated heterocycles. The van der Waals surface area contributed by atoms with Gasteiger partial charge >= 0.3 is 5.97 Å². The molecule has 0 heterocycles. The number of carbonyl (C=O) groups excluding carboxylic acids is 3. The van der Waals surface area contributed by atoms with Crippen LogP contribution in [0.15, 0.2) is 42.0 Å². The first-order valence-electron chi connectivity index (χ1n) is 12.2. The quantitative estimate of drug-likeness (QED) is 0.388. The van der Waals surface area contributed by atoms with Crippen molar-refractivity contribution in [3.8, 4) is 0 Å². The number of rotatable bonds is 10. The molecule has 35 heavy (non-hydrogen) atoms. The summed E-state index contributed by atoms with van der Waals surface area (Å²) in [6.07, 6.45) is 1.75. The molecule has 7 nitrogen and oxygen atoms in total. The highest BCUT2D eigenvalue weighted by atomic mass is 16.5. The fraction of sp³-hybridized carbons (Fsp3) is 0.607. The second-order valence-corrected chi connectivity index (χ2v) is 11.1. The van der Waals surface area contributed by atoms with E-state index in [2.05, 4.69) is 10.6 Å². The van der Waals surface area contributed by atoms with E-state index in [-0.39, 0.29) is 23.8 Å². The first kappa shape index (κ1) is 30.4. The maximum absolute atomic E-state index is 13.8. The topological polar surface area (TPSA) is 87.7 Å². The monoisotopic (exact) mass is 487 g/mol. The number of nitrogens with zero attached hydrogens (tertiary/aromatic N) is 1. The van der Waals surface area contributed by atoms with Gasteiger partial charge in [0.2, 0.25) is 11.8 Å². The van der Waals surface area contributed by atoms with Gasteiger partial charge in [0.15, 0.2) is 0 Å². The number of amides is 2. The largest absolute Gasteiger partial charge is 0.466 e. The third kappa shape index (κ3) is 7.66. The second kappa shape index (κ2) is 12.3. The molecule has 0 fully saturated rings. The van der Waals surface area contributed by atoms with Gasteiger partial charge in [-0.05, 0) is 30.9 Å². The molecule has 0 aromatic heterocycles. The summed E-state index contributed by atoms with van der Waals surface area (Å²) in [5, 5.41) is 6.19. The molecule has 1 aromatic carbocycles. The fourth-order valence-electron chi connectivity index (χ4n) is 4.32. The number of ether oxygens (including phenoxy) is 1. The van der Waals surface area contributed by atoms with Gasteiger partial charge in [-0.2, -0.15) is 0 Å². The summed E-state index contributed by atoms with van der Waals surface area (Å²) in [5.41, 5.74) is 0.396. The molecule has 2 N–H and O–H groups in total. The van der Waals surface area contributed by atoms with Crippen molar-refractivity contribution in [1.82, 2.24) is 15.5 Å². The average molecular weight is 488 g/mol. The summed E-state index contributed by atoms with van der Waals surface area (Å²) in [6.45, 7) is 15.5. The molecule has 0 unspecified atom stereocenters. The Hall–Kier alpha value is -2.67. The Morgan fingerprint density at radius 3 is 1.97 bits per heavy atom. The van der Waals surface area contributed by atoms with Gasteiger partial charge in [0.1, 0.15) is 6.04 Å². The van der Waals surface area contributed by atoms with Gasteiger partial charge in [-0.3, -0.25) is 9.59 Å². The molecule has 1 aromatic rings. The minimum Gasteiger partial charge on any atom is -0.466 e. The van der Waals surface area contributed by atoms with Crippen LogP contribution >= 0.6 is 0 Å². The molecule has 196 valence electrons. The molecule has 3 atom stereocenters. The Morgan fingerprint density at radius 2 is 1.54 bits per heavy atom. The molecule has 0 bridgehead atoms. The first-order valence-corrected chi connectivity index (χ1v) is 12.2. The van der Waals surface area contributed by atoms with Crippen LogP contribution in [-0.4, -0.2) is 62.0 Å². The molecular weight excluding hydrogens is 442 g/mol. The van der Waals surface area contributed by atoms with Crippen molar-refractivity contribution in [2.75, 3.05) is 21.2 Å². The summed E-state index contributed by atoms with van der Waals surface area (Å²) in [5.74, 6) is -0.852. The number of likely N-dealkylation sites (N-methyl/N-ethyl adjacent to an activating group) is 2. The zero-order valence-electron chi connectivity index (χ0n) is 23.4. The Bertz CT molecular complexity index is 901. The lowest BCUT2D eigenvalue weighted by atomic mass is 9.76. The summed E-state index contributed by atoms with van der Waals surface area (Å²) in [6, 6.07) is 8.18. The van der Waals surface area contributed by atoms with Crippen LogP contribution in [0.2, 0.25) is 0 Å². The minimum atomic E-state index is -0.768. The Labute approximate surface area is 211 Å². The second-order valence-electron chi connectivity index (χ2n) is 11.1. The van der Waals surface area contributed by atoms with E-state index in [9.17, 15) is 14.4 Å². The maximum atomic E-state index is 13.8. The van der Waals surface area contributed by atoms with Crippen molar-refractivity contribution >= 4 is 17.8 Å². The molecule has 0 radical (unpaired) electrons. The highest BCUT2D eigenvalue weighted by Gasteiger charge is 2.41. The van der Waals surface area contributed by atoms with Crippen LogP contribution in [0.5, 0.6) is 0 Å². The van der Waals surface area contributed by atoms with Gasteiger partial charge < -0.3 is 20.3 Å². The van der Waals surface area contributed by atoms with Crippen LogP contribution in [0.4, 0.5) is 0 Å². The summed E-state index contributed by atoms with van der Waals surface area (Å²) in [4.78, 5) is 40.9. The van der Waals surface area contributed by atoms with Crippen molar-refractivity contribution in [2.24, 2.45) is 11.3 Å². The number of carbonyl (C=O) groups is 3. The van der Waals surface area contributed by atoms with Crippen LogP contribution in [0.1, 0.15) is 61.0 Å². The Kier molecular flexibility index (Phi) is 10.7. The van der Waals surface area contributed by atoms with Crippen LogP contribution < -0.4 is 10.6 Å². The fourth-order valence-corrected chi connectivity index (χ4v) is 4.32. The molecule has 0 spiro atoms. The van der Waals surface area contributed by atoms with Gasteiger partial charge in [-0.1, -0.05) is 84.9 Å². The van der Waals surface area contributed by atoms with Gasteiger partial charge in [0.25, 0.3) is 0 Å². The van der Waals surface area contributed by atoms with E-state index < -0.39 is 28.9 Å². The van der Waals surface area contributed by atoms with Crippen molar-refractivity contribution in [3.05, 3.63) is 47.5 Å². The van der Waals surface area contributed by atoms with Gasteiger partial charge in [-0.25, -0.2) is 4.79 Å². The van der Waals surface area contributed by atoms with E-state index in [1.165, 1.54) is 7.11 Å². The van der Waals surface area contributed by atoms with Crippen molar-refractivity contribution < 1.29 is 19.1 Å². The lowest BCUT2D eigenvalue weighted by Crippen LogP contribution is -2.61. The first-order chi connectivity index (χ1) is 16.1. The summed E-state index contributed by atoms with van der Waals surface area (Å²) in [7, 11) is 4.80. The summed E-state index contributed by atoms with van der Waals surface area (Å²) < 4.78 is 4.82. The highest BCUT2D eigenvalue weighted by Crippen LogP contribution is 2.29. The molecule has 0 aliphatic heterocycles. The number of esters is 1.